The molecule has 0 spiro atoms. The predicted molar refractivity (Wildman–Crippen MR) is 120 cm³/mol. The van der Waals surface area contributed by atoms with E-state index in [1.54, 1.807) is 24.3 Å². The fourth-order valence-electron chi connectivity index (χ4n) is 4.50. The van der Waals surface area contributed by atoms with Crippen LogP contribution in [0.5, 0.6) is 0 Å². The summed E-state index contributed by atoms with van der Waals surface area (Å²) < 4.78 is 25.4. The Hall–Kier alpha value is -2.18. The molecule has 0 saturated carbocycles. The molecule has 1 saturated heterocycles. The monoisotopic (exact) mass is 441 g/mol. The molecule has 6 heteroatoms. The molecule has 1 aliphatic rings. The molecule has 1 heterocycles. The summed E-state index contributed by atoms with van der Waals surface area (Å²) in [7, 11) is -3.60. The maximum atomic E-state index is 12.7. The van der Waals surface area contributed by atoms with Crippen molar-refractivity contribution in [3.63, 3.8) is 0 Å². The van der Waals surface area contributed by atoms with Gasteiger partial charge in [-0.15, -0.1) is 0 Å². The van der Waals surface area contributed by atoms with E-state index in [1.807, 2.05) is 36.4 Å². The molecule has 30 heavy (non-hydrogen) atoms. The molecule has 3 aromatic rings. The Balaban J connectivity index is 1.69. The zero-order chi connectivity index (χ0) is 21.4. The van der Waals surface area contributed by atoms with E-state index in [1.165, 1.54) is 0 Å². The molecule has 0 aromatic heterocycles. The molecule has 1 N–H and O–H groups in total. The van der Waals surface area contributed by atoms with Gasteiger partial charge < -0.3 is 5.11 Å². The highest BCUT2D eigenvalue weighted by Crippen LogP contribution is 2.45. The maximum absolute atomic E-state index is 12.7. The second-order valence-electron chi connectivity index (χ2n) is 7.96. The Kier molecular flexibility index (Phi) is 5.73. The minimum atomic E-state index is -3.60. The van der Waals surface area contributed by atoms with E-state index in [4.69, 9.17) is 11.6 Å². The van der Waals surface area contributed by atoms with Crippen LogP contribution in [0.4, 0.5) is 0 Å². The Morgan fingerprint density at radius 3 is 1.80 bits per heavy atom. The third-order valence-electron chi connectivity index (χ3n) is 5.65. The summed E-state index contributed by atoms with van der Waals surface area (Å²) in [5, 5.41) is 10.7. The van der Waals surface area contributed by atoms with Gasteiger partial charge in [-0.25, -0.2) is 8.42 Å². The average Bonchev–Trinajstić information content (AvgIpc) is 2.69. The van der Waals surface area contributed by atoms with Gasteiger partial charge in [0.15, 0.2) is 9.84 Å². The Morgan fingerprint density at radius 1 is 0.867 bits per heavy atom. The fourth-order valence-corrected chi connectivity index (χ4v) is 6.42. The smallest absolute Gasteiger partial charge is 0.157 e. The average molecular weight is 442 g/mol. The number of β-amino-alcohol motifs (C(OH)–C–C–N with tert-alkyl or cyclic N) is 1. The van der Waals surface area contributed by atoms with Crippen molar-refractivity contribution in [3.8, 4) is 0 Å². The molecule has 156 valence electrons. The van der Waals surface area contributed by atoms with E-state index in [9.17, 15) is 13.5 Å². The van der Waals surface area contributed by atoms with Crippen molar-refractivity contribution in [2.45, 2.75) is 16.9 Å². The third-order valence-corrected chi connectivity index (χ3v) is 7.55. The highest BCUT2D eigenvalue weighted by atomic mass is 35.5. The molecule has 4 rings (SSSR count). The standard InChI is InChI=1S/C24H24ClNO3S/c1-30(28,29)23(20-14-8-9-15-21(20)25)24(27)16-26(17-24)22(18-10-4-2-5-11-18)19-12-6-3-7-13-19/h2-15,22-23,27H,16-17H2,1H3. The van der Waals surface area contributed by atoms with Crippen molar-refractivity contribution in [3.05, 3.63) is 107 Å². The van der Waals surface area contributed by atoms with Crippen LogP contribution in [0.15, 0.2) is 84.9 Å². The number of likely N-dealkylation sites (tertiary alicyclic amines) is 1. The molecular weight excluding hydrogens is 418 g/mol. The third kappa shape index (κ3) is 4.03. The lowest BCUT2D eigenvalue weighted by molar-refractivity contribution is -0.112. The van der Waals surface area contributed by atoms with E-state index in [2.05, 4.69) is 29.2 Å². The molecule has 0 aliphatic carbocycles. The summed E-state index contributed by atoms with van der Waals surface area (Å²) in [4.78, 5) is 2.11. The molecule has 1 fully saturated rings. The lowest BCUT2D eigenvalue weighted by atomic mass is 9.82. The molecule has 1 atom stereocenters. The number of hydrogen-bond acceptors (Lipinski definition) is 4. The minimum absolute atomic E-state index is 0.0702. The van der Waals surface area contributed by atoms with Gasteiger partial charge in [0.1, 0.15) is 10.9 Å². The van der Waals surface area contributed by atoms with Gasteiger partial charge in [-0.3, -0.25) is 4.90 Å². The van der Waals surface area contributed by atoms with E-state index in [-0.39, 0.29) is 19.1 Å². The number of rotatable bonds is 6. The molecule has 4 nitrogen and oxygen atoms in total. The molecule has 1 aliphatic heterocycles. The topological polar surface area (TPSA) is 57.6 Å². The van der Waals surface area contributed by atoms with Gasteiger partial charge in [-0.05, 0) is 22.8 Å². The van der Waals surface area contributed by atoms with Crippen LogP contribution in [0, 0.1) is 0 Å². The first-order valence-corrected chi connectivity index (χ1v) is 12.1. The quantitative estimate of drug-likeness (QED) is 0.620. The van der Waals surface area contributed by atoms with Crippen LogP contribution >= 0.6 is 11.6 Å². The zero-order valence-electron chi connectivity index (χ0n) is 16.6. The molecule has 0 radical (unpaired) electrons. The van der Waals surface area contributed by atoms with Crippen LogP contribution in [0.2, 0.25) is 5.02 Å². The van der Waals surface area contributed by atoms with Crippen LogP contribution in [-0.4, -0.2) is 43.4 Å². The highest BCUT2D eigenvalue weighted by Gasteiger charge is 2.54. The summed E-state index contributed by atoms with van der Waals surface area (Å²) in [5.74, 6) is 0. The summed E-state index contributed by atoms with van der Waals surface area (Å²) >= 11 is 6.31. The fraction of sp³-hybridized carbons (Fsp3) is 0.250. The van der Waals surface area contributed by atoms with Crippen LogP contribution in [0.1, 0.15) is 28.0 Å². The van der Waals surface area contributed by atoms with E-state index in [0.29, 0.717) is 10.6 Å². The summed E-state index contributed by atoms with van der Waals surface area (Å²) in [5.41, 5.74) is 1.22. The second-order valence-corrected chi connectivity index (χ2v) is 10.5. The van der Waals surface area contributed by atoms with Crippen molar-refractivity contribution >= 4 is 21.4 Å². The highest BCUT2D eigenvalue weighted by molar-refractivity contribution is 7.91. The van der Waals surface area contributed by atoms with Crippen LogP contribution < -0.4 is 0 Å². The Bertz CT molecular complexity index is 1070. The van der Waals surface area contributed by atoms with Crippen molar-refractivity contribution in [1.29, 1.82) is 0 Å². The predicted octanol–water partition coefficient (Wildman–Crippen LogP) is 4.26. The molecule has 3 aromatic carbocycles. The molecular formula is C24H24ClNO3S. The van der Waals surface area contributed by atoms with Crippen LogP contribution in [0.25, 0.3) is 0 Å². The number of hydrogen-bond donors (Lipinski definition) is 1. The summed E-state index contributed by atoms with van der Waals surface area (Å²) in [6.45, 7) is 0.453. The van der Waals surface area contributed by atoms with Crippen LogP contribution in [0.3, 0.4) is 0 Å². The zero-order valence-corrected chi connectivity index (χ0v) is 18.2. The Morgan fingerprint density at radius 2 is 1.33 bits per heavy atom. The molecule has 0 amide bonds. The van der Waals surface area contributed by atoms with E-state index < -0.39 is 20.7 Å². The summed E-state index contributed by atoms with van der Waals surface area (Å²) in [6, 6.07) is 26.9. The molecule has 1 unspecified atom stereocenters. The van der Waals surface area contributed by atoms with E-state index >= 15 is 0 Å². The van der Waals surface area contributed by atoms with Crippen molar-refractivity contribution in [1.82, 2.24) is 4.90 Å². The van der Waals surface area contributed by atoms with Crippen molar-refractivity contribution in [2.24, 2.45) is 0 Å². The van der Waals surface area contributed by atoms with Gasteiger partial charge in [0, 0.05) is 24.4 Å². The second kappa shape index (κ2) is 8.16. The van der Waals surface area contributed by atoms with Gasteiger partial charge in [0.05, 0.1) is 6.04 Å². The lowest BCUT2D eigenvalue weighted by Crippen LogP contribution is -2.66. The number of sulfone groups is 1. The van der Waals surface area contributed by atoms with Crippen molar-refractivity contribution < 1.29 is 13.5 Å². The molecule has 0 bridgehead atoms. The Labute approximate surface area is 182 Å². The van der Waals surface area contributed by atoms with Gasteiger partial charge >= 0.3 is 0 Å². The van der Waals surface area contributed by atoms with Crippen molar-refractivity contribution in [2.75, 3.05) is 19.3 Å². The van der Waals surface area contributed by atoms with E-state index in [0.717, 1.165) is 17.4 Å². The minimum Gasteiger partial charge on any atom is -0.385 e. The SMILES string of the molecule is CS(=O)(=O)C(c1ccccc1Cl)C1(O)CN(C(c2ccccc2)c2ccccc2)C1. The maximum Gasteiger partial charge on any atom is 0.157 e. The summed E-state index contributed by atoms with van der Waals surface area (Å²) in [6.07, 6.45) is 1.16. The van der Waals surface area contributed by atoms with Gasteiger partial charge in [-0.1, -0.05) is 90.5 Å². The number of benzene rings is 3. The largest absolute Gasteiger partial charge is 0.385 e. The first-order valence-electron chi connectivity index (χ1n) is 9.79. The number of aliphatic hydroxyl groups is 1. The normalized spacial score (nSPS) is 17.5. The first kappa shape index (κ1) is 21.1. The van der Waals surface area contributed by atoms with Gasteiger partial charge in [0.25, 0.3) is 0 Å². The number of halogens is 1. The lowest BCUT2D eigenvalue weighted by Gasteiger charge is -2.53. The van der Waals surface area contributed by atoms with Gasteiger partial charge in [-0.2, -0.15) is 0 Å². The number of nitrogens with zero attached hydrogens (tertiary/aromatic N) is 1. The van der Waals surface area contributed by atoms with Crippen LogP contribution in [-0.2, 0) is 9.84 Å². The van der Waals surface area contributed by atoms with Gasteiger partial charge in [0.2, 0.25) is 0 Å². The first-order chi connectivity index (χ1) is 14.3.